The molecule has 64 valence electrons. The summed E-state index contributed by atoms with van der Waals surface area (Å²) in [6, 6.07) is 0. The van der Waals surface area contributed by atoms with Gasteiger partial charge in [0, 0.05) is 26.4 Å². The van der Waals surface area contributed by atoms with E-state index in [0.717, 1.165) is 26.4 Å². The zero-order valence-corrected chi connectivity index (χ0v) is 9.18. The zero-order valence-electron chi connectivity index (χ0n) is 7.77. The van der Waals surface area contributed by atoms with Crippen LogP contribution in [0.15, 0.2) is 0 Å². The summed E-state index contributed by atoms with van der Waals surface area (Å²) in [6.07, 6.45) is 0. The third-order valence-electron chi connectivity index (χ3n) is 1.49. The molecule has 0 spiro atoms. The van der Waals surface area contributed by atoms with Gasteiger partial charge in [0.25, 0.3) is 0 Å². The Morgan fingerprint density at radius 1 is 0.909 bits per heavy atom. The van der Waals surface area contributed by atoms with E-state index in [-0.39, 0.29) is 20.4 Å². The highest BCUT2D eigenvalue weighted by Crippen LogP contribution is 1.88. The molecular formula is C8H18MgO2. The van der Waals surface area contributed by atoms with Gasteiger partial charge in [0.1, 0.15) is 0 Å². The Labute approximate surface area is 79.4 Å². The Morgan fingerprint density at radius 2 is 1.36 bits per heavy atom. The fourth-order valence-corrected chi connectivity index (χ4v) is 2.04. The molecule has 0 atom stereocenters. The van der Waals surface area contributed by atoms with Gasteiger partial charge in [0.2, 0.25) is 0 Å². The Morgan fingerprint density at radius 3 is 1.73 bits per heavy atom. The first-order valence-corrected chi connectivity index (χ1v) is 6.57. The van der Waals surface area contributed by atoms with E-state index in [4.69, 9.17) is 9.47 Å². The molecule has 0 aromatic heterocycles. The fourth-order valence-electron chi connectivity index (χ4n) is 0.874. The lowest BCUT2D eigenvalue weighted by molar-refractivity contribution is 0.157. The molecule has 0 radical (unpaired) electrons. The number of hydrogen-bond donors (Lipinski definition) is 0. The predicted molar refractivity (Wildman–Crippen MR) is 48.4 cm³/mol. The average molecular weight is 171 g/mol. The minimum absolute atomic E-state index is 0.121. The van der Waals surface area contributed by atoms with Crippen LogP contribution in [0, 0.1) is 0 Å². The molecule has 0 saturated carbocycles. The van der Waals surface area contributed by atoms with Gasteiger partial charge in [0.15, 0.2) is 0 Å². The maximum absolute atomic E-state index is 5.23. The molecule has 11 heavy (non-hydrogen) atoms. The summed E-state index contributed by atoms with van der Waals surface area (Å²) >= 11 is 0.121. The summed E-state index contributed by atoms with van der Waals surface area (Å²) in [5, 5.41) is 0. The van der Waals surface area contributed by atoms with E-state index in [1.807, 2.05) is 13.8 Å². The van der Waals surface area contributed by atoms with Gasteiger partial charge in [0.05, 0.1) is 0 Å². The van der Waals surface area contributed by atoms with Crippen molar-refractivity contribution in [2.75, 3.05) is 26.4 Å². The van der Waals surface area contributed by atoms with Crippen molar-refractivity contribution in [2.45, 2.75) is 22.9 Å². The first kappa shape index (κ1) is 11.7. The monoisotopic (exact) mass is 170 g/mol. The van der Waals surface area contributed by atoms with Crippen LogP contribution in [-0.4, -0.2) is 46.8 Å². The molecule has 2 nitrogen and oxygen atoms in total. The topological polar surface area (TPSA) is 18.5 Å². The van der Waals surface area contributed by atoms with Crippen molar-refractivity contribution in [3.05, 3.63) is 0 Å². The predicted octanol–water partition coefficient (Wildman–Crippen LogP) is 1.60. The van der Waals surface area contributed by atoms with Crippen molar-refractivity contribution in [2.24, 2.45) is 0 Å². The molecule has 0 unspecified atom stereocenters. The average Bonchev–Trinajstić information content (AvgIpc) is 2.03. The Balaban J connectivity index is 2.69. The Hall–Kier alpha value is 0.686. The normalized spacial score (nSPS) is 9.64. The molecule has 0 saturated heterocycles. The van der Waals surface area contributed by atoms with Gasteiger partial charge in [-0.15, -0.1) is 9.10 Å². The second kappa shape index (κ2) is 10.7. The van der Waals surface area contributed by atoms with E-state index in [1.54, 1.807) is 0 Å². The van der Waals surface area contributed by atoms with Crippen molar-refractivity contribution in [3.63, 3.8) is 0 Å². The summed E-state index contributed by atoms with van der Waals surface area (Å²) in [5.41, 5.74) is 0. The van der Waals surface area contributed by atoms with E-state index < -0.39 is 0 Å². The first-order valence-electron chi connectivity index (χ1n) is 4.57. The van der Waals surface area contributed by atoms with E-state index in [2.05, 4.69) is 0 Å². The molecule has 0 amide bonds. The Kier molecular flexibility index (Phi) is 11.4. The van der Waals surface area contributed by atoms with Crippen LogP contribution in [0.25, 0.3) is 0 Å². The van der Waals surface area contributed by atoms with Crippen LogP contribution in [0.2, 0.25) is 9.10 Å². The molecule has 0 aliphatic carbocycles. The van der Waals surface area contributed by atoms with Crippen LogP contribution in [0.1, 0.15) is 13.8 Å². The van der Waals surface area contributed by atoms with E-state index in [9.17, 15) is 0 Å². The Bertz CT molecular complexity index is 61.1. The fraction of sp³-hybridized carbons (Fsp3) is 1.00. The van der Waals surface area contributed by atoms with Crippen molar-refractivity contribution < 1.29 is 9.47 Å². The van der Waals surface area contributed by atoms with Gasteiger partial charge in [-0.1, -0.05) is 0 Å². The lowest BCUT2D eigenvalue weighted by Crippen LogP contribution is -2.02. The van der Waals surface area contributed by atoms with Crippen molar-refractivity contribution >= 4 is 20.4 Å². The SMILES string of the molecule is CCOC[CH2][Mg][CH2]COCC. The molecule has 0 heterocycles. The highest BCUT2D eigenvalue weighted by molar-refractivity contribution is 6.35. The lowest BCUT2D eigenvalue weighted by atomic mass is 10.8. The highest BCUT2D eigenvalue weighted by atomic mass is 24.5. The van der Waals surface area contributed by atoms with Gasteiger partial charge < -0.3 is 9.47 Å². The van der Waals surface area contributed by atoms with Crippen LogP contribution >= 0.6 is 0 Å². The molecular weight excluding hydrogens is 152 g/mol. The van der Waals surface area contributed by atoms with E-state index in [1.165, 1.54) is 9.10 Å². The molecule has 0 N–H and O–H groups in total. The second-order valence-corrected chi connectivity index (χ2v) is 4.58. The van der Waals surface area contributed by atoms with Gasteiger partial charge in [-0.25, -0.2) is 0 Å². The summed E-state index contributed by atoms with van der Waals surface area (Å²) in [6.45, 7) is 7.74. The summed E-state index contributed by atoms with van der Waals surface area (Å²) in [5.74, 6) is 0. The third-order valence-corrected chi connectivity index (χ3v) is 3.06. The van der Waals surface area contributed by atoms with Gasteiger partial charge in [-0.2, -0.15) is 0 Å². The summed E-state index contributed by atoms with van der Waals surface area (Å²) in [7, 11) is 0. The van der Waals surface area contributed by atoms with E-state index >= 15 is 0 Å². The molecule has 0 aromatic rings. The van der Waals surface area contributed by atoms with Crippen molar-refractivity contribution in [3.8, 4) is 0 Å². The largest absolute Gasteiger partial charge is 0.384 e. The van der Waals surface area contributed by atoms with Crippen LogP contribution in [0.4, 0.5) is 0 Å². The molecule has 0 fully saturated rings. The van der Waals surface area contributed by atoms with Crippen LogP contribution in [0.5, 0.6) is 0 Å². The zero-order chi connectivity index (χ0) is 8.36. The molecule has 0 aromatic carbocycles. The molecule has 0 aliphatic heterocycles. The maximum Gasteiger partial charge on any atom is 0.371 e. The first-order chi connectivity index (χ1) is 5.41. The van der Waals surface area contributed by atoms with Crippen LogP contribution < -0.4 is 0 Å². The van der Waals surface area contributed by atoms with Gasteiger partial charge in [-0.05, 0) is 13.8 Å². The standard InChI is InChI=1S/2C4H9O.Mg/c2*1-3-5-4-2;/h2*1,3-4H2,2H3;. The number of rotatable bonds is 8. The minimum atomic E-state index is 0.121. The van der Waals surface area contributed by atoms with Crippen LogP contribution in [0.3, 0.4) is 0 Å². The smallest absolute Gasteiger partial charge is 0.371 e. The minimum Gasteiger partial charge on any atom is -0.384 e. The summed E-state index contributed by atoms with van der Waals surface area (Å²) < 4.78 is 13.1. The van der Waals surface area contributed by atoms with Crippen molar-refractivity contribution in [1.82, 2.24) is 0 Å². The molecule has 0 bridgehead atoms. The quantitative estimate of drug-likeness (QED) is 0.407. The number of ether oxygens (including phenoxy) is 2. The highest BCUT2D eigenvalue weighted by Gasteiger charge is 1.94. The summed E-state index contributed by atoms with van der Waals surface area (Å²) in [4.78, 5) is 0. The third kappa shape index (κ3) is 10.7. The molecule has 3 heteroatoms. The second-order valence-electron chi connectivity index (χ2n) is 2.45. The lowest BCUT2D eigenvalue weighted by Gasteiger charge is -1.99. The molecule has 0 aliphatic rings. The molecule has 0 rings (SSSR count). The maximum atomic E-state index is 5.23. The van der Waals surface area contributed by atoms with E-state index in [0.29, 0.717) is 0 Å². The van der Waals surface area contributed by atoms with Crippen LogP contribution in [-0.2, 0) is 9.47 Å². The number of hydrogen-bond acceptors (Lipinski definition) is 2. The van der Waals surface area contributed by atoms with Gasteiger partial charge in [-0.3, -0.25) is 0 Å². The van der Waals surface area contributed by atoms with Gasteiger partial charge >= 0.3 is 20.4 Å². The van der Waals surface area contributed by atoms with Crippen molar-refractivity contribution in [1.29, 1.82) is 0 Å².